The van der Waals surface area contributed by atoms with Crippen molar-refractivity contribution in [3.05, 3.63) is 29.3 Å². The van der Waals surface area contributed by atoms with Gasteiger partial charge in [0.2, 0.25) is 0 Å². The summed E-state index contributed by atoms with van der Waals surface area (Å²) in [7, 11) is 0. The molecule has 106 valence electrons. The molecular weight excluding hydrogens is 280 g/mol. The summed E-state index contributed by atoms with van der Waals surface area (Å²) in [6.07, 6.45) is 0. The monoisotopic (exact) mass is 294 g/mol. The van der Waals surface area contributed by atoms with Gasteiger partial charge in [-0.1, -0.05) is 11.2 Å². The lowest BCUT2D eigenvalue weighted by molar-refractivity contribution is -0.0188. The molecule has 1 unspecified atom stereocenters. The summed E-state index contributed by atoms with van der Waals surface area (Å²) in [6.45, 7) is 1.14. The Morgan fingerprint density at radius 2 is 2.50 bits per heavy atom. The van der Waals surface area contributed by atoms with Crippen LogP contribution in [0.1, 0.15) is 10.5 Å². The van der Waals surface area contributed by atoms with Gasteiger partial charge in [0.05, 0.1) is 30.7 Å². The second-order valence-corrected chi connectivity index (χ2v) is 5.41. The topological polar surface area (TPSA) is 75.8 Å². The zero-order chi connectivity index (χ0) is 13.9. The minimum absolute atomic E-state index is 0.124. The number of nitrogens with zero attached hydrogens (tertiary/aromatic N) is 2. The summed E-state index contributed by atoms with van der Waals surface area (Å²) in [5.74, 6) is 0.344. The van der Waals surface area contributed by atoms with Crippen LogP contribution in [0.25, 0.3) is 10.6 Å². The van der Waals surface area contributed by atoms with Crippen LogP contribution < -0.4 is 0 Å². The number of ether oxygens (including phenoxy) is 1. The number of rotatable bonds is 3. The molecule has 2 aromatic heterocycles. The Balaban J connectivity index is 1.80. The van der Waals surface area contributed by atoms with Crippen molar-refractivity contribution in [2.45, 2.75) is 6.04 Å². The van der Waals surface area contributed by atoms with E-state index in [0.717, 1.165) is 4.88 Å². The van der Waals surface area contributed by atoms with E-state index in [4.69, 9.17) is 9.26 Å². The molecule has 1 aliphatic heterocycles. The average molecular weight is 294 g/mol. The van der Waals surface area contributed by atoms with Gasteiger partial charge in [0.1, 0.15) is 0 Å². The SMILES string of the molecule is O=C(c1cc(-c2cccs2)on1)N1CCOCC1CO. The number of hydrogen-bond donors (Lipinski definition) is 1. The molecule has 3 heterocycles. The number of aliphatic hydroxyl groups excluding tert-OH is 1. The molecule has 2 aromatic rings. The highest BCUT2D eigenvalue weighted by atomic mass is 32.1. The van der Waals surface area contributed by atoms with Crippen LogP contribution in [-0.4, -0.2) is 53.5 Å². The van der Waals surface area contributed by atoms with Crippen LogP contribution in [0.5, 0.6) is 0 Å². The first-order valence-electron chi connectivity index (χ1n) is 6.30. The van der Waals surface area contributed by atoms with Crippen molar-refractivity contribution >= 4 is 17.2 Å². The minimum atomic E-state index is -0.321. The maximum atomic E-state index is 12.4. The van der Waals surface area contributed by atoms with Crippen molar-refractivity contribution in [1.29, 1.82) is 0 Å². The lowest BCUT2D eigenvalue weighted by Crippen LogP contribution is -2.50. The molecule has 1 N–H and O–H groups in total. The van der Waals surface area contributed by atoms with Crippen molar-refractivity contribution < 1.29 is 19.2 Å². The molecule has 20 heavy (non-hydrogen) atoms. The van der Waals surface area contributed by atoms with Crippen molar-refractivity contribution in [1.82, 2.24) is 10.1 Å². The fraction of sp³-hybridized carbons (Fsp3) is 0.385. The van der Waals surface area contributed by atoms with Gasteiger partial charge in [0.15, 0.2) is 11.5 Å². The minimum Gasteiger partial charge on any atom is -0.394 e. The highest BCUT2D eigenvalue weighted by molar-refractivity contribution is 7.13. The van der Waals surface area contributed by atoms with Crippen LogP contribution in [0.2, 0.25) is 0 Å². The summed E-state index contributed by atoms with van der Waals surface area (Å²) in [6, 6.07) is 5.13. The van der Waals surface area contributed by atoms with Gasteiger partial charge in [0, 0.05) is 12.6 Å². The third-order valence-corrected chi connectivity index (χ3v) is 4.08. The number of morpholine rings is 1. The molecule has 0 spiro atoms. The molecule has 1 amide bonds. The van der Waals surface area contributed by atoms with E-state index in [9.17, 15) is 9.90 Å². The normalized spacial score (nSPS) is 19.2. The highest BCUT2D eigenvalue weighted by Crippen LogP contribution is 2.25. The fourth-order valence-electron chi connectivity index (χ4n) is 2.13. The molecule has 0 bridgehead atoms. The maximum Gasteiger partial charge on any atom is 0.276 e. The third kappa shape index (κ3) is 2.47. The standard InChI is InChI=1S/C13H14N2O4S/c16-7-9-8-18-4-3-15(9)13(17)10-6-11(19-14-10)12-2-1-5-20-12/h1-2,5-6,9,16H,3-4,7-8H2. The number of carbonyl (C=O) groups is 1. The molecule has 3 rings (SSSR count). The molecule has 0 aromatic carbocycles. The molecule has 1 saturated heterocycles. The summed E-state index contributed by atoms with van der Waals surface area (Å²) in [5, 5.41) is 15.1. The lowest BCUT2D eigenvalue weighted by Gasteiger charge is -2.33. The molecule has 6 nitrogen and oxygen atoms in total. The van der Waals surface area contributed by atoms with Crippen LogP contribution >= 0.6 is 11.3 Å². The van der Waals surface area contributed by atoms with Crippen LogP contribution in [0.15, 0.2) is 28.1 Å². The molecule has 0 saturated carbocycles. The molecule has 0 radical (unpaired) electrons. The second kappa shape index (κ2) is 5.74. The molecular formula is C13H14N2O4S. The van der Waals surface area contributed by atoms with Gasteiger partial charge in [-0.15, -0.1) is 11.3 Å². The number of hydrogen-bond acceptors (Lipinski definition) is 6. The van der Waals surface area contributed by atoms with Crippen molar-refractivity contribution in [3.63, 3.8) is 0 Å². The number of aromatic nitrogens is 1. The Kier molecular flexibility index (Phi) is 3.81. The molecule has 1 atom stereocenters. The quantitative estimate of drug-likeness (QED) is 0.921. The average Bonchev–Trinajstić information content (AvgIpc) is 3.16. The Bertz CT molecular complexity index is 581. The van der Waals surface area contributed by atoms with E-state index in [0.29, 0.717) is 25.5 Å². The second-order valence-electron chi connectivity index (χ2n) is 4.46. The van der Waals surface area contributed by atoms with E-state index in [1.807, 2.05) is 17.5 Å². The van der Waals surface area contributed by atoms with Crippen molar-refractivity contribution in [2.24, 2.45) is 0 Å². The van der Waals surface area contributed by atoms with Crippen LogP contribution in [0.3, 0.4) is 0 Å². The van der Waals surface area contributed by atoms with E-state index < -0.39 is 0 Å². The van der Waals surface area contributed by atoms with Gasteiger partial charge < -0.3 is 19.3 Å². The summed E-state index contributed by atoms with van der Waals surface area (Å²) in [4.78, 5) is 14.9. The molecule has 1 fully saturated rings. The predicted molar refractivity (Wildman–Crippen MR) is 72.5 cm³/mol. The Morgan fingerprint density at radius 1 is 1.60 bits per heavy atom. The number of aliphatic hydroxyl groups is 1. The van der Waals surface area contributed by atoms with Crippen LogP contribution in [-0.2, 0) is 4.74 Å². The number of carbonyl (C=O) groups excluding carboxylic acids is 1. The Morgan fingerprint density at radius 3 is 3.25 bits per heavy atom. The lowest BCUT2D eigenvalue weighted by atomic mass is 10.2. The van der Waals surface area contributed by atoms with Gasteiger partial charge in [0.25, 0.3) is 5.91 Å². The first kappa shape index (κ1) is 13.3. The summed E-state index contributed by atoms with van der Waals surface area (Å²) in [5.41, 5.74) is 0.258. The number of thiophene rings is 1. The molecule has 0 aliphatic carbocycles. The van der Waals surface area contributed by atoms with E-state index >= 15 is 0 Å². The summed E-state index contributed by atoms with van der Waals surface area (Å²) >= 11 is 1.52. The largest absolute Gasteiger partial charge is 0.394 e. The number of amides is 1. The van der Waals surface area contributed by atoms with E-state index in [-0.39, 0.29) is 24.2 Å². The van der Waals surface area contributed by atoms with Crippen molar-refractivity contribution in [2.75, 3.05) is 26.4 Å². The van der Waals surface area contributed by atoms with Gasteiger partial charge in [-0.3, -0.25) is 4.79 Å². The van der Waals surface area contributed by atoms with Gasteiger partial charge in [-0.05, 0) is 11.4 Å². The first-order valence-corrected chi connectivity index (χ1v) is 7.17. The smallest absolute Gasteiger partial charge is 0.276 e. The first-order chi connectivity index (χ1) is 9.79. The maximum absolute atomic E-state index is 12.4. The van der Waals surface area contributed by atoms with Gasteiger partial charge >= 0.3 is 0 Å². The van der Waals surface area contributed by atoms with E-state index in [1.165, 1.54) is 11.3 Å². The zero-order valence-corrected chi connectivity index (χ0v) is 11.5. The zero-order valence-electron chi connectivity index (χ0n) is 10.7. The van der Waals surface area contributed by atoms with E-state index in [2.05, 4.69) is 5.16 Å². The van der Waals surface area contributed by atoms with Gasteiger partial charge in [-0.25, -0.2) is 0 Å². The fourth-order valence-corrected chi connectivity index (χ4v) is 2.80. The summed E-state index contributed by atoms with van der Waals surface area (Å²) < 4.78 is 10.5. The van der Waals surface area contributed by atoms with Gasteiger partial charge in [-0.2, -0.15) is 0 Å². The Hall–Kier alpha value is -1.70. The van der Waals surface area contributed by atoms with Crippen molar-refractivity contribution in [3.8, 4) is 10.6 Å². The predicted octanol–water partition coefficient (Wildman–Crippen LogP) is 1.24. The van der Waals surface area contributed by atoms with E-state index in [1.54, 1.807) is 11.0 Å². The van der Waals surface area contributed by atoms with Crippen LogP contribution in [0.4, 0.5) is 0 Å². The highest BCUT2D eigenvalue weighted by Gasteiger charge is 2.29. The Labute approximate surface area is 119 Å². The van der Waals surface area contributed by atoms with Crippen LogP contribution in [0, 0.1) is 0 Å². The third-order valence-electron chi connectivity index (χ3n) is 3.19. The molecule has 1 aliphatic rings. The molecule has 7 heteroatoms.